The molecule has 2 amide bonds. The van der Waals surface area contributed by atoms with Crippen molar-refractivity contribution in [3.05, 3.63) is 53.6 Å². The Kier molecular flexibility index (Phi) is 11.8. The molecule has 0 saturated carbocycles. The zero-order valence-corrected chi connectivity index (χ0v) is 22.2. The molecular weight excluding hydrogens is 458 g/mol. The number of hydrogen-bond donors (Lipinski definition) is 2. The molecule has 0 unspecified atom stereocenters. The Bertz CT molecular complexity index is 1020. The Labute approximate surface area is 214 Å². The monoisotopic (exact) mass is 497 g/mol. The average molecular weight is 498 g/mol. The van der Waals surface area contributed by atoms with Gasteiger partial charge in [0.1, 0.15) is 11.8 Å². The third-order valence-electron chi connectivity index (χ3n) is 5.04. The highest BCUT2D eigenvalue weighted by Crippen LogP contribution is 2.28. The maximum absolute atomic E-state index is 12.8. The Balaban J connectivity index is 1.98. The van der Waals surface area contributed by atoms with Crippen LogP contribution >= 0.6 is 0 Å². The Morgan fingerprint density at radius 3 is 2.36 bits per heavy atom. The molecule has 8 heteroatoms. The van der Waals surface area contributed by atoms with Crippen molar-refractivity contribution in [2.45, 2.75) is 54.0 Å². The van der Waals surface area contributed by atoms with E-state index in [0.717, 1.165) is 11.1 Å². The first-order valence-corrected chi connectivity index (χ1v) is 12.4. The van der Waals surface area contributed by atoms with E-state index >= 15 is 0 Å². The number of ether oxygens (including phenoxy) is 3. The summed E-state index contributed by atoms with van der Waals surface area (Å²) in [5.74, 6) is 1.73. The van der Waals surface area contributed by atoms with Crippen LogP contribution in [0.2, 0.25) is 0 Å². The minimum absolute atomic E-state index is 0.179. The summed E-state index contributed by atoms with van der Waals surface area (Å²) >= 11 is 0. The highest BCUT2D eigenvalue weighted by atomic mass is 16.5. The van der Waals surface area contributed by atoms with Crippen molar-refractivity contribution < 1.29 is 23.8 Å². The highest BCUT2D eigenvalue weighted by Gasteiger charge is 2.22. The number of carbonyl (C=O) groups excluding carboxylic acids is 2. The number of carbonyl (C=O) groups is 2. The predicted molar refractivity (Wildman–Crippen MR) is 142 cm³/mol. The van der Waals surface area contributed by atoms with Crippen LogP contribution in [0.5, 0.6) is 17.2 Å². The molecule has 2 rings (SSSR count). The summed E-state index contributed by atoms with van der Waals surface area (Å²) in [6, 6.07) is 12.2. The van der Waals surface area contributed by atoms with Gasteiger partial charge in [-0.05, 0) is 67.5 Å². The van der Waals surface area contributed by atoms with Gasteiger partial charge in [-0.2, -0.15) is 5.10 Å². The van der Waals surface area contributed by atoms with E-state index < -0.39 is 11.9 Å². The van der Waals surface area contributed by atoms with Crippen molar-refractivity contribution >= 4 is 18.0 Å². The van der Waals surface area contributed by atoms with Crippen LogP contribution < -0.4 is 25.0 Å². The zero-order chi connectivity index (χ0) is 26.5. The lowest BCUT2D eigenvalue weighted by molar-refractivity contribution is -0.130. The van der Waals surface area contributed by atoms with E-state index in [-0.39, 0.29) is 18.4 Å². The standard InChI is InChI=1S/C28H39N3O5/c1-7-34-26-15-22(12-13-25(26)35-17-20(4)5)16-29-31-28(33)23(14-19(2)3)30-27(32)18-36-24-11-9-8-10-21(24)6/h8-13,15-16,19-20,23H,7,14,17-18H2,1-6H3,(H,30,32)(H,31,33)/b29-16-/t23-/m1/s1. The second kappa shape index (κ2) is 14.8. The van der Waals surface area contributed by atoms with Gasteiger partial charge in [0.2, 0.25) is 0 Å². The summed E-state index contributed by atoms with van der Waals surface area (Å²) in [5.41, 5.74) is 4.21. The number of amides is 2. The summed E-state index contributed by atoms with van der Waals surface area (Å²) in [6.07, 6.45) is 2.00. The second-order valence-corrected chi connectivity index (χ2v) is 9.38. The molecule has 0 aliphatic heterocycles. The third kappa shape index (κ3) is 9.98. The fourth-order valence-corrected chi connectivity index (χ4v) is 3.30. The quantitative estimate of drug-likeness (QED) is 0.296. The third-order valence-corrected chi connectivity index (χ3v) is 5.04. The number of nitrogens with one attached hydrogen (secondary N) is 2. The van der Waals surface area contributed by atoms with Crippen LogP contribution in [-0.4, -0.2) is 43.9 Å². The summed E-state index contributed by atoms with van der Waals surface area (Å²) in [7, 11) is 0. The molecule has 1 atom stereocenters. The number of para-hydroxylation sites is 1. The lowest BCUT2D eigenvalue weighted by atomic mass is 10.0. The van der Waals surface area contributed by atoms with Gasteiger partial charge in [-0.25, -0.2) is 5.43 Å². The van der Waals surface area contributed by atoms with E-state index in [9.17, 15) is 9.59 Å². The van der Waals surface area contributed by atoms with Crippen LogP contribution in [0.3, 0.4) is 0 Å². The van der Waals surface area contributed by atoms with Crippen molar-refractivity contribution in [1.29, 1.82) is 0 Å². The summed E-state index contributed by atoms with van der Waals surface area (Å²) < 4.78 is 17.1. The fraction of sp³-hybridized carbons (Fsp3) is 0.464. The number of hydrazone groups is 1. The topological polar surface area (TPSA) is 98.2 Å². The molecule has 0 bridgehead atoms. The van der Waals surface area contributed by atoms with E-state index in [1.54, 1.807) is 6.07 Å². The first kappa shape index (κ1) is 28.7. The Morgan fingerprint density at radius 2 is 1.69 bits per heavy atom. The number of nitrogens with zero attached hydrogens (tertiary/aromatic N) is 1. The smallest absolute Gasteiger partial charge is 0.262 e. The van der Waals surface area contributed by atoms with Crippen LogP contribution in [-0.2, 0) is 9.59 Å². The van der Waals surface area contributed by atoms with Gasteiger partial charge in [0.05, 0.1) is 19.4 Å². The number of hydrogen-bond acceptors (Lipinski definition) is 6. The highest BCUT2D eigenvalue weighted by molar-refractivity contribution is 5.89. The molecule has 0 heterocycles. The Hall–Kier alpha value is -3.55. The molecule has 2 N–H and O–H groups in total. The molecule has 36 heavy (non-hydrogen) atoms. The molecular formula is C28H39N3O5. The summed E-state index contributed by atoms with van der Waals surface area (Å²) in [4.78, 5) is 25.2. The van der Waals surface area contributed by atoms with Gasteiger partial charge in [0, 0.05) is 0 Å². The van der Waals surface area contributed by atoms with Crippen LogP contribution in [0.4, 0.5) is 0 Å². The summed E-state index contributed by atoms with van der Waals surface area (Å²) in [6.45, 7) is 12.8. The molecule has 0 aromatic heterocycles. The van der Waals surface area contributed by atoms with Gasteiger partial charge in [-0.1, -0.05) is 45.9 Å². The van der Waals surface area contributed by atoms with Gasteiger partial charge < -0.3 is 19.5 Å². The van der Waals surface area contributed by atoms with E-state index in [4.69, 9.17) is 14.2 Å². The molecule has 0 aliphatic rings. The number of benzene rings is 2. The van der Waals surface area contributed by atoms with Crippen LogP contribution in [0.25, 0.3) is 0 Å². The minimum atomic E-state index is -0.735. The van der Waals surface area contributed by atoms with Gasteiger partial charge in [0.15, 0.2) is 18.1 Å². The molecule has 0 saturated heterocycles. The van der Waals surface area contributed by atoms with Gasteiger partial charge in [0.25, 0.3) is 11.8 Å². The van der Waals surface area contributed by atoms with Crippen molar-refractivity contribution in [3.63, 3.8) is 0 Å². The molecule has 196 valence electrons. The maximum atomic E-state index is 12.8. The van der Waals surface area contributed by atoms with E-state index in [0.29, 0.717) is 42.8 Å². The zero-order valence-electron chi connectivity index (χ0n) is 22.2. The normalized spacial score (nSPS) is 12.0. The molecule has 0 aliphatic carbocycles. The molecule has 0 spiro atoms. The molecule has 2 aromatic carbocycles. The fourth-order valence-electron chi connectivity index (χ4n) is 3.30. The van der Waals surface area contributed by atoms with Crippen LogP contribution in [0, 0.1) is 18.8 Å². The van der Waals surface area contributed by atoms with Crippen molar-refractivity contribution in [3.8, 4) is 17.2 Å². The molecule has 8 nitrogen and oxygen atoms in total. The van der Waals surface area contributed by atoms with Crippen LogP contribution in [0.1, 0.15) is 52.2 Å². The molecule has 2 aromatic rings. The lowest BCUT2D eigenvalue weighted by Gasteiger charge is -2.19. The van der Waals surface area contributed by atoms with Crippen molar-refractivity contribution in [2.24, 2.45) is 16.9 Å². The van der Waals surface area contributed by atoms with Crippen LogP contribution in [0.15, 0.2) is 47.6 Å². The van der Waals surface area contributed by atoms with Gasteiger partial charge in [-0.3, -0.25) is 9.59 Å². The number of aryl methyl sites for hydroxylation is 1. The minimum Gasteiger partial charge on any atom is -0.490 e. The predicted octanol–water partition coefficient (Wildman–Crippen LogP) is 4.49. The van der Waals surface area contributed by atoms with Crippen molar-refractivity contribution in [2.75, 3.05) is 19.8 Å². The van der Waals surface area contributed by atoms with E-state index in [1.807, 2.05) is 64.1 Å². The second-order valence-electron chi connectivity index (χ2n) is 9.38. The Morgan fingerprint density at radius 1 is 0.944 bits per heavy atom. The number of rotatable bonds is 14. The first-order chi connectivity index (χ1) is 17.2. The van der Waals surface area contributed by atoms with Crippen molar-refractivity contribution in [1.82, 2.24) is 10.7 Å². The first-order valence-electron chi connectivity index (χ1n) is 12.4. The SMILES string of the molecule is CCOc1cc(/C=N\NC(=O)[C@@H](CC(C)C)NC(=O)COc2ccccc2C)ccc1OCC(C)C. The lowest BCUT2D eigenvalue weighted by Crippen LogP contribution is -2.47. The van der Waals surface area contributed by atoms with Gasteiger partial charge >= 0.3 is 0 Å². The van der Waals surface area contributed by atoms with E-state index in [1.165, 1.54) is 6.21 Å². The molecule has 0 fully saturated rings. The average Bonchev–Trinajstić information content (AvgIpc) is 2.82. The summed E-state index contributed by atoms with van der Waals surface area (Å²) in [5, 5.41) is 6.84. The van der Waals surface area contributed by atoms with Gasteiger partial charge in [-0.15, -0.1) is 0 Å². The largest absolute Gasteiger partial charge is 0.490 e. The molecule has 0 radical (unpaired) electrons. The maximum Gasteiger partial charge on any atom is 0.262 e. The van der Waals surface area contributed by atoms with E-state index in [2.05, 4.69) is 29.7 Å².